The molecule has 5 rings (SSSR count). The molecule has 0 saturated heterocycles. The second kappa shape index (κ2) is 9.12. The quantitative estimate of drug-likeness (QED) is 0.277. The molecule has 33 heavy (non-hydrogen) atoms. The van der Waals surface area contributed by atoms with Gasteiger partial charge >= 0.3 is 0 Å². The number of fused-ring (bicyclic) bond motifs is 1. The van der Waals surface area contributed by atoms with Crippen molar-refractivity contribution in [3.63, 3.8) is 0 Å². The molecular weight excluding hydrogens is 434 g/mol. The maximum atomic E-state index is 10.4. The second-order valence-corrected chi connectivity index (χ2v) is 8.25. The monoisotopic (exact) mass is 455 g/mol. The largest absolute Gasteiger partial charge is 0.455 e. The summed E-state index contributed by atoms with van der Waals surface area (Å²) in [6.07, 6.45) is -1.72. The van der Waals surface area contributed by atoms with Crippen molar-refractivity contribution in [1.29, 1.82) is 0 Å². The Labute approximate surface area is 196 Å². The highest BCUT2D eigenvalue weighted by Gasteiger charge is 2.24. The van der Waals surface area contributed by atoms with Crippen LogP contribution in [0.4, 0.5) is 0 Å². The minimum Gasteiger partial charge on any atom is -0.455 e. The van der Waals surface area contributed by atoms with Crippen LogP contribution >= 0.6 is 11.6 Å². The first-order valence-corrected chi connectivity index (χ1v) is 11.0. The molecule has 5 aromatic rings. The molecule has 5 heteroatoms. The van der Waals surface area contributed by atoms with Gasteiger partial charge in [0.25, 0.3) is 0 Å². The van der Waals surface area contributed by atoms with Crippen LogP contribution in [0.25, 0.3) is 22.0 Å². The molecule has 4 aromatic carbocycles. The van der Waals surface area contributed by atoms with Crippen molar-refractivity contribution in [2.45, 2.75) is 12.8 Å². The Kier molecular flexibility index (Phi) is 5.88. The maximum Gasteiger partial charge on any atom is 0.197 e. The number of para-hydroxylation sites is 1. The first kappa shape index (κ1) is 21.3. The van der Waals surface area contributed by atoms with E-state index in [9.17, 15) is 10.2 Å². The third-order valence-electron chi connectivity index (χ3n) is 5.62. The predicted molar refractivity (Wildman–Crippen MR) is 132 cm³/mol. The van der Waals surface area contributed by atoms with Gasteiger partial charge in [-0.15, -0.1) is 0 Å². The third-order valence-corrected chi connectivity index (χ3v) is 5.88. The molecule has 1 aromatic heterocycles. The molecule has 0 aliphatic carbocycles. The average Bonchev–Trinajstić information content (AvgIpc) is 3.14. The summed E-state index contributed by atoms with van der Waals surface area (Å²) in [5, 5.41) is 22.3. The van der Waals surface area contributed by atoms with Gasteiger partial charge in [-0.2, -0.15) is 0 Å². The lowest BCUT2D eigenvalue weighted by molar-refractivity contribution is -0.0490. The fourth-order valence-corrected chi connectivity index (χ4v) is 4.19. The van der Waals surface area contributed by atoms with Crippen molar-refractivity contribution >= 4 is 22.5 Å². The van der Waals surface area contributed by atoms with Crippen LogP contribution in [0.5, 0.6) is 11.5 Å². The Balaban J connectivity index is 1.72. The van der Waals surface area contributed by atoms with Crippen LogP contribution < -0.4 is 4.74 Å². The van der Waals surface area contributed by atoms with Crippen molar-refractivity contribution in [2.75, 3.05) is 0 Å². The molecule has 0 aliphatic heterocycles. The Morgan fingerprint density at radius 2 is 1.42 bits per heavy atom. The van der Waals surface area contributed by atoms with Gasteiger partial charge in [-0.05, 0) is 53.1 Å². The molecule has 164 valence electrons. The van der Waals surface area contributed by atoms with Crippen molar-refractivity contribution in [2.24, 2.45) is 0 Å². The molecule has 0 bridgehead atoms. The zero-order valence-corrected chi connectivity index (χ0v) is 18.5. The molecule has 0 amide bonds. The van der Waals surface area contributed by atoms with Crippen LogP contribution in [0.1, 0.15) is 17.5 Å². The zero-order chi connectivity index (χ0) is 22.8. The summed E-state index contributed by atoms with van der Waals surface area (Å²) in [5.41, 5.74) is 4.22. The molecule has 0 spiro atoms. The summed E-state index contributed by atoms with van der Waals surface area (Å²) in [6.45, 7) is 0.434. The fraction of sp³-hybridized carbons (Fsp3) is 0.0714. The summed E-state index contributed by atoms with van der Waals surface area (Å²) < 4.78 is 8.14. The lowest BCUT2D eigenvalue weighted by Gasteiger charge is -2.14. The number of ether oxygens (including phenoxy) is 1. The van der Waals surface area contributed by atoms with E-state index in [0.29, 0.717) is 28.8 Å². The van der Waals surface area contributed by atoms with E-state index >= 15 is 0 Å². The Bertz CT molecular complexity index is 1380. The van der Waals surface area contributed by atoms with Crippen LogP contribution in [0.3, 0.4) is 0 Å². The van der Waals surface area contributed by atoms with Crippen molar-refractivity contribution in [3.8, 4) is 22.6 Å². The highest BCUT2D eigenvalue weighted by molar-refractivity contribution is 6.30. The van der Waals surface area contributed by atoms with Gasteiger partial charge in [-0.1, -0.05) is 78.3 Å². The van der Waals surface area contributed by atoms with Gasteiger partial charge in [-0.3, -0.25) is 0 Å². The molecule has 0 aliphatic rings. The van der Waals surface area contributed by atoms with Crippen molar-refractivity contribution in [1.82, 2.24) is 4.57 Å². The first-order chi connectivity index (χ1) is 16.1. The highest BCUT2D eigenvalue weighted by Crippen LogP contribution is 2.41. The van der Waals surface area contributed by atoms with Gasteiger partial charge < -0.3 is 19.5 Å². The number of benzene rings is 4. The normalized spacial score (nSPS) is 11.3. The molecular formula is C28H22ClNO3. The predicted octanol–water partition coefficient (Wildman–Crippen LogP) is 6.79. The van der Waals surface area contributed by atoms with Crippen LogP contribution in [0.2, 0.25) is 5.02 Å². The van der Waals surface area contributed by atoms with Gasteiger partial charge in [0, 0.05) is 17.0 Å². The summed E-state index contributed by atoms with van der Waals surface area (Å²) in [4.78, 5) is 0. The zero-order valence-electron chi connectivity index (χ0n) is 17.7. The average molecular weight is 456 g/mol. The Hall–Kier alpha value is -3.57. The van der Waals surface area contributed by atoms with Crippen molar-refractivity contribution < 1.29 is 14.9 Å². The van der Waals surface area contributed by atoms with Gasteiger partial charge in [0.15, 0.2) is 12.0 Å². The molecule has 0 radical (unpaired) electrons. The number of aliphatic hydroxyl groups is 2. The van der Waals surface area contributed by atoms with E-state index in [4.69, 9.17) is 16.3 Å². The van der Waals surface area contributed by atoms with E-state index in [1.165, 1.54) is 0 Å². The second-order valence-electron chi connectivity index (χ2n) is 7.81. The summed E-state index contributed by atoms with van der Waals surface area (Å²) in [5.74, 6) is 1.05. The Morgan fingerprint density at radius 1 is 0.758 bits per heavy atom. The van der Waals surface area contributed by atoms with Gasteiger partial charge in [-0.25, -0.2) is 0 Å². The van der Waals surface area contributed by atoms with E-state index in [2.05, 4.69) is 0 Å². The molecule has 0 unspecified atom stereocenters. The lowest BCUT2D eigenvalue weighted by Crippen LogP contribution is -2.09. The number of hydrogen-bond donors (Lipinski definition) is 2. The third kappa shape index (κ3) is 4.37. The van der Waals surface area contributed by atoms with E-state index in [0.717, 1.165) is 27.6 Å². The minimum absolute atomic E-state index is 0.300. The van der Waals surface area contributed by atoms with Gasteiger partial charge in [0.2, 0.25) is 0 Å². The number of aliphatic hydroxyl groups excluding tert-OH is 1. The van der Waals surface area contributed by atoms with E-state index in [1.807, 2.05) is 108 Å². The van der Waals surface area contributed by atoms with Crippen LogP contribution in [-0.2, 0) is 6.54 Å². The molecule has 0 saturated carbocycles. The Morgan fingerprint density at radius 3 is 2.09 bits per heavy atom. The van der Waals surface area contributed by atoms with E-state index in [-0.39, 0.29) is 0 Å². The number of nitrogens with zero attached hydrogens (tertiary/aromatic N) is 1. The number of rotatable bonds is 6. The summed E-state index contributed by atoms with van der Waals surface area (Å²) >= 11 is 6.05. The van der Waals surface area contributed by atoms with Gasteiger partial charge in [0.1, 0.15) is 11.4 Å². The van der Waals surface area contributed by atoms with Crippen LogP contribution in [0.15, 0.2) is 103 Å². The standard InChI is InChI=1S/C28H22ClNO3/c29-22-14-11-19(12-15-22)18-30-25-16-13-21(20-7-3-1-4-8-20)17-24(25)27(26(30)28(31)32)33-23-9-5-2-6-10-23/h1-17,28,31-32H,18H2. The molecule has 2 N–H and O–H groups in total. The fourth-order valence-electron chi connectivity index (χ4n) is 4.07. The number of hydrogen-bond acceptors (Lipinski definition) is 3. The van der Waals surface area contributed by atoms with E-state index in [1.54, 1.807) is 0 Å². The summed E-state index contributed by atoms with van der Waals surface area (Å²) in [6, 6.07) is 33.0. The lowest BCUT2D eigenvalue weighted by atomic mass is 10.0. The van der Waals surface area contributed by atoms with Crippen LogP contribution in [0, 0.1) is 0 Å². The topological polar surface area (TPSA) is 54.6 Å². The minimum atomic E-state index is -1.72. The van der Waals surface area contributed by atoms with Crippen molar-refractivity contribution in [3.05, 3.63) is 119 Å². The number of halogens is 1. The van der Waals surface area contributed by atoms with Gasteiger partial charge in [0.05, 0.1) is 5.52 Å². The maximum absolute atomic E-state index is 10.4. The molecule has 0 fully saturated rings. The SMILES string of the molecule is OC(O)c1c(Oc2ccccc2)c2cc(-c3ccccc3)ccc2n1Cc1ccc(Cl)cc1. The molecule has 1 heterocycles. The highest BCUT2D eigenvalue weighted by atomic mass is 35.5. The summed E-state index contributed by atoms with van der Waals surface area (Å²) in [7, 11) is 0. The smallest absolute Gasteiger partial charge is 0.197 e. The number of aromatic nitrogens is 1. The molecule has 0 atom stereocenters. The molecule has 4 nitrogen and oxygen atoms in total. The van der Waals surface area contributed by atoms with Crippen LogP contribution in [-0.4, -0.2) is 14.8 Å². The first-order valence-electron chi connectivity index (χ1n) is 10.7. The van der Waals surface area contributed by atoms with E-state index < -0.39 is 6.29 Å².